The van der Waals surface area contributed by atoms with Gasteiger partial charge in [0.1, 0.15) is 17.7 Å². The molecule has 0 bridgehead atoms. The van der Waals surface area contributed by atoms with Gasteiger partial charge >= 0.3 is 7.12 Å². The lowest BCUT2D eigenvalue weighted by Crippen LogP contribution is -2.55. The number of nitriles is 1. The molecule has 44 heavy (non-hydrogen) atoms. The Morgan fingerprint density at radius 2 is 1.64 bits per heavy atom. The predicted octanol–water partition coefficient (Wildman–Crippen LogP) is 4.14. The average molecular weight is 635 g/mol. The molecule has 0 aliphatic heterocycles. The first-order valence-electron chi connectivity index (χ1n) is 13.8. The fourth-order valence-corrected chi connectivity index (χ4v) is 4.79. The number of hydrogen-bond donors (Lipinski definition) is 4. The minimum Gasteiger partial charge on any atom is -0.426 e. The van der Waals surface area contributed by atoms with Crippen LogP contribution in [0.1, 0.15) is 35.3 Å². The van der Waals surface area contributed by atoms with Crippen LogP contribution >= 0.6 is 23.2 Å². The Kier molecular flexibility index (Phi) is 12.6. The van der Waals surface area contributed by atoms with Crippen molar-refractivity contribution in [3.8, 4) is 6.07 Å². The first-order valence-corrected chi connectivity index (χ1v) is 14.6. The number of halogens is 2. The fourth-order valence-electron chi connectivity index (χ4n) is 4.41. The van der Waals surface area contributed by atoms with Crippen molar-refractivity contribution in [3.05, 3.63) is 111 Å². The van der Waals surface area contributed by atoms with Gasteiger partial charge in [0.2, 0.25) is 5.91 Å². The van der Waals surface area contributed by atoms with Crippen LogP contribution in [0.5, 0.6) is 0 Å². The van der Waals surface area contributed by atoms with Crippen molar-refractivity contribution >= 4 is 53.7 Å². The smallest absolute Gasteiger partial charge is 0.426 e. The molecule has 9 nitrogen and oxygen atoms in total. The molecule has 3 rings (SSSR count). The van der Waals surface area contributed by atoms with Crippen LogP contribution < -0.4 is 15.5 Å². The SMILES string of the molecule is CC(C)C=C(C#N)C(=O)N(C)c1cccc(CC(NC(=O)c2cc(Cl)ccc2Cl)C(=O)NC(Cc2ccccc2)B(O)O)c1. The maximum absolute atomic E-state index is 13.6. The summed E-state index contributed by atoms with van der Waals surface area (Å²) in [5.41, 5.74) is 1.87. The number of carbonyl (C=O) groups is 3. The van der Waals surface area contributed by atoms with Crippen molar-refractivity contribution in [1.82, 2.24) is 10.6 Å². The van der Waals surface area contributed by atoms with Crippen molar-refractivity contribution in [2.75, 3.05) is 11.9 Å². The Balaban J connectivity index is 1.91. The van der Waals surface area contributed by atoms with Crippen LogP contribution in [0.3, 0.4) is 0 Å². The van der Waals surface area contributed by atoms with E-state index in [0.717, 1.165) is 5.56 Å². The molecule has 0 radical (unpaired) electrons. The van der Waals surface area contributed by atoms with Gasteiger partial charge in [-0.1, -0.05) is 85.6 Å². The molecule has 12 heteroatoms. The Morgan fingerprint density at radius 3 is 2.27 bits per heavy atom. The molecule has 0 aliphatic carbocycles. The van der Waals surface area contributed by atoms with E-state index in [0.29, 0.717) is 11.3 Å². The second-order valence-electron chi connectivity index (χ2n) is 10.5. The van der Waals surface area contributed by atoms with E-state index in [2.05, 4.69) is 10.6 Å². The second kappa shape index (κ2) is 16.1. The van der Waals surface area contributed by atoms with Crippen LogP contribution in [0.4, 0.5) is 5.69 Å². The summed E-state index contributed by atoms with van der Waals surface area (Å²) in [4.78, 5) is 41.2. The largest absolute Gasteiger partial charge is 0.475 e. The highest BCUT2D eigenvalue weighted by Gasteiger charge is 2.30. The van der Waals surface area contributed by atoms with E-state index in [1.54, 1.807) is 54.6 Å². The zero-order chi connectivity index (χ0) is 32.4. The topological polar surface area (TPSA) is 143 Å². The van der Waals surface area contributed by atoms with Gasteiger partial charge in [0.05, 0.1) is 16.5 Å². The monoisotopic (exact) mass is 634 g/mol. The van der Waals surface area contributed by atoms with Gasteiger partial charge in [0.25, 0.3) is 11.8 Å². The summed E-state index contributed by atoms with van der Waals surface area (Å²) < 4.78 is 0. The molecule has 2 atom stereocenters. The minimum atomic E-state index is -1.88. The summed E-state index contributed by atoms with van der Waals surface area (Å²) in [5.74, 6) is -2.91. The number of anilines is 1. The maximum Gasteiger partial charge on any atom is 0.475 e. The van der Waals surface area contributed by atoms with Gasteiger partial charge < -0.3 is 25.6 Å². The first kappa shape index (κ1) is 34.4. The van der Waals surface area contributed by atoms with Crippen molar-refractivity contribution in [3.63, 3.8) is 0 Å². The Morgan fingerprint density at radius 1 is 0.955 bits per heavy atom. The lowest BCUT2D eigenvalue weighted by molar-refractivity contribution is -0.123. The molecule has 3 aromatic carbocycles. The van der Waals surface area contributed by atoms with E-state index in [1.807, 2.05) is 26.0 Å². The predicted molar refractivity (Wildman–Crippen MR) is 172 cm³/mol. The van der Waals surface area contributed by atoms with Gasteiger partial charge in [-0.15, -0.1) is 0 Å². The van der Waals surface area contributed by atoms with E-state index in [-0.39, 0.29) is 39.9 Å². The summed E-state index contributed by atoms with van der Waals surface area (Å²) >= 11 is 12.3. The molecular formula is C32H33BCl2N4O5. The minimum absolute atomic E-state index is 0.00263. The number of allylic oxidation sites excluding steroid dienone is 1. The summed E-state index contributed by atoms with van der Waals surface area (Å²) in [5, 5.41) is 35.3. The van der Waals surface area contributed by atoms with Crippen LogP contribution in [-0.2, 0) is 22.4 Å². The third-order valence-corrected chi connectivity index (χ3v) is 7.24. The van der Waals surface area contributed by atoms with Crippen LogP contribution in [0.25, 0.3) is 0 Å². The number of carbonyl (C=O) groups excluding carboxylic acids is 3. The summed E-state index contributed by atoms with van der Waals surface area (Å²) in [6.45, 7) is 3.73. The fraction of sp³-hybridized carbons (Fsp3) is 0.250. The number of hydrogen-bond acceptors (Lipinski definition) is 6. The average Bonchev–Trinajstić information content (AvgIpc) is 3.00. The normalized spacial score (nSPS) is 12.6. The lowest BCUT2D eigenvalue weighted by atomic mass is 9.75. The molecule has 0 aliphatic rings. The van der Waals surface area contributed by atoms with Crippen LogP contribution in [0.2, 0.25) is 10.0 Å². The lowest BCUT2D eigenvalue weighted by Gasteiger charge is -2.24. The van der Waals surface area contributed by atoms with E-state index >= 15 is 0 Å². The third kappa shape index (κ3) is 9.69. The Labute approximate surface area is 267 Å². The zero-order valence-electron chi connectivity index (χ0n) is 24.5. The molecule has 0 saturated carbocycles. The van der Waals surface area contributed by atoms with E-state index in [9.17, 15) is 29.7 Å². The molecule has 0 saturated heterocycles. The number of amides is 3. The van der Waals surface area contributed by atoms with Crippen molar-refractivity contribution in [1.29, 1.82) is 5.26 Å². The van der Waals surface area contributed by atoms with E-state index < -0.39 is 36.8 Å². The molecule has 2 unspecified atom stereocenters. The first-order chi connectivity index (χ1) is 20.9. The third-order valence-electron chi connectivity index (χ3n) is 6.67. The van der Waals surface area contributed by atoms with E-state index in [1.165, 1.54) is 30.1 Å². The quantitative estimate of drug-likeness (QED) is 0.134. The molecule has 4 N–H and O–H groups in total. The molecule has 228 valence electrons. The molecule has 0 spiro atoms. The molecule has 0 heterocycles. The number of benzene rings is 3. The molecule has 0 aromatic heterocycles. The number of nitrogens with zero attached hydrogens (tertiary/aromatic N) is 2. The highest BCUT2D eigenvalue weighted by molar-refractivity contribution is 6.43. The van der Waals surface area contributed by atoms with Gasteiger partial charge in [0.15, 0.2) is 0 Å². The van der Waals surface area contributed by atoms with Gasteiger partial charge in [-0.3, -0.25) is 14.4 Å². The van der Waals surface area contributed by atoms with Crippen molar-refractivity contribution in [2.24, 2.45) is 5.92 Å². The second-order valence-corrected chi connectivity index (χ2v) is 11.4. The van der Waals surface area contributed by atoms with Crippen molar-refractivity contribution in [2.45, 2.75) is 38.7 Å². The molecular weight excluding hydrogens is 602 g/mol. The highest BCUT2D eigenvalue weighted by Crippen LogP contribution is 2.22. The van der Waals surface area contributed by atoms with E-state index in [4.69, 9.17) is 23.2 Å². The zero-order valence-corrected chi connectivity index (χ0v) is 26.0. The molecule has 3 aromatic rings. The Bertz CT molecular complexity index is 1560. The summed E-state index contributed by atoms with van der Waals surface area (Å²) in [6.07, 6.45) is 1.68. The van der Waals surface area contributed by atoms with Crippen LogP contribution in [0, 0.1) is 17.2 Å². The van der Waals surface area contributed by atoms with Gasteiger partial charge in [-0.2, -0.15) is 5.26 Å². The summed E-state index contributed by atoms with van der Waals surface area (Å²) in [6, 6.07) is 20.9. The maximum atomic E-state index is 13.6. The van der Waals surface area contributed by atoms with Crippen LogP contribution in [-0.4, -0.2) is 53.9 Å². The number of nitrogens with one attached hydrogen (secondary N) is 2. The molecule has 0 fully saturated rings. The summed E-state index contributed by atoms with van der Waals surface area (Å²) in [7, 11) is -0.342. The van der Waals surface area contributed by atoms with Gasteiger partial charge in [0, 0.05) is 24.2 Å². The Hall–Kier alpha value is -4.14. The number of likely N-dealkylation sites (N-methyl/N-ethyl adjacent to an activating group) is 1. The standard InChI is InChI=1S/C32H33BCl2N4O5/c1-20(2)14-23(19-36)32(42)39(3)25-11-7-10-22(15-25)16-28(37-30(40)26-18-24(34)12-13-27(26)35)31(41)38-29(33(43)44)17-21-8-5-4-6-9-21/h4-15,18,20,28-29,43-44H,16-17H2,1-3H3,(H,37,40)(H,38,41). The highest BCUT2D eigenvalue weighted by atomic mass is 35.5. The number of rotatable bonds is 12. The van der Waals surface area contributed by atoms with Gasteiger partial charge in [-0.25, -0.2) is 0 Å². The molecule has 3 amide bonds. The van der Waals surface area contributed by atoms with Crippen molar-refractivity contribution < 1.29 is 24.4 Å². The van der Waals surface area contributed by atoms with Crippen LogP contribution in [0.15, 0.2) is 84.4 Å². The van der Waals surface area contributed by atoms with Gasteiger partial charge in [-0.05, 0) is 53.8 Å².